The molecule has 34 heavy (non-hydrogen) atoms. The molecule has 5 rings (SSSR count). The number of hydrogen-bond acceptors (Lipinski definition) is 6. The molecule has 4 aromatic rings. The number of pyridine rings is 1. The summed E-state index contributed by atoms with van der Waals surface area (Å²) < 4.78 is 8.20. The van der Waals surface area contributed by atoms with Gasteiger partial charge in [0.1, 0.15) is 17.6 Å². The summed E-state index contributed by atoms with van der Waals surface area (Å²) in [5.74, 6) is 0.823. The quantitative estimate of drug-likeness (QED) is 0.396. The zero-order chi connectivity index (χ0) is 24.0. The third-order valence-corrected chi connectivity index (χ3v) is 7.23. The molecular weight excluding hydrogens is 493 g/mol. The Hall–Kier alpha value is -3.26. The zero-order valence-corrected chi connectivity index (χ0v) is 20.4. The molecular formula is C25H17Cl2N3O3S. The number of thiazole rings is 1. The van der Waals surface area contributed by atoms with Gasteiger partial charge in [-0.15, -0.1) is 0 Å². The van der Waals surface area contributed by atoms with Gasteiger partial charge in [0.15, 0.2) is 10.6 Å². The molecule has 0 aliphatic carbocycles. The van der Waals surface area contributed by atoms with E-state index in [1.54, 1.807) is 55.7 Å². The number of Topliss-reactive ketones (excluding diaryl/α,β-unsaturated/α-hetero) is 1. The fourth-order valence-electron chi connectivity index (χ4n) is 3.96. The predicted octanol–water partition coefficient (Wildman–Crippen LogP) is 4.79. The molecule has 1 aromatic carbocycles. The first-order valence-electron chi connectivity index (χ1n) is 10.3. The van der Waals surface area contributed by atoms with Crippen LogP contribution in [0.15, 0.2) is 80.3 Å². The lowest BCUT2D eigenvalue weighted by Gasteiger charge is -2.22. The Labute approximate surface area is 208 Å². The van der Waals surface area contributed by atoms with E-state index in [2.05, 4.69) is 9.98 Å². The zero-order valence-electron chi connectivity index (χ0n) is 18.1. The molecule has 6 nitrogen and oxygen atoms in total. The van der Waals surface area contributed by atoms with Crippen LogP contribution in [-0.2, 0) is 4.79 Å². The van der Waals surface area contributed by atoms with Gasteiger partial charge in [-0.1, -0.05) is 34.5 Å². The van der Waals surface area contributed by atoms with Crippen molar-refractivity contribution < 1.29 is 9.21 Å². The van der Waals surface area contributed by atoms with Gasteiger partial charge in [-0.05, 0) is 68.0 Å². The highest BCUT2D eigenvalue weighted by molar-refractivity contribution is 7.07. The van der Waals surface area contributed by atoms with Crippen molar-refractivity contribution in [3.05, 3.63) is 107 Å². The highest BCUT2D eigenvalue weighted by Gasteiger charge is 2.33. The lowest BCUT2D eigenvalue weighted by Crippen LogP contribution is -2.39. The maximum atomic E-state index is 13.5. The van der Waals surface area contributed by atoms with Crippen molar-refractivity contribution in [2.24, 2.45) is 4.99 Å². The number of furan rings is 1. The average Bonchev–Trinajstić information content (AvgIpc) is 3.41. The highest BCUT2D eigenvalue weighted by atomic mass is 35.5. The van der Waals surface area contributed by atoms with E-state index >= 15 is 0 Å². The summed E-state index contributed by atoms with van der Waals surface area (Å²) in [6.07, 6.45) is 5.12. The number of halogens is 2. The van der Waals surface area contributed by atoms with Crippen molar-refractivity contribution in [2.75, 3.05) is 0 Å². The summed E-state index contributed by atoms with van der Waals surface area (Å²) in [6.45, 7) is 3.24. The minimum absolute atomic E-state index is 0.179. The number of carbonyl (C=O) groups is 1. The van der Waals surface area contributed by atoms with Gasteiger partial charge in [0, 0.05) is 29.2 Å². The molecule has 0 spiro atoms. The van der Waals surface area contributed by atoms with Crippen LogP contribution < -0.4 is 14.9 Å². The van der Waals surface area contributed by atoms with Crippen molar-refractivity contribution in [3.8, 4) is 11.3 Å². The molecule has 0 saturated carbocycles. The molecule has 9 heteroatoms. The van der Waals surface area contributed by atoms with Gasteiger partial charge in [0.2, 0.25) is 0 Å². The van der Waals surface area contributed by atoms with Gasteiger partial charge < -0.3 is 4.42 Å². The highest BCUT2D eigenvalue weighted by Crippen LogP contribution is 2.35. The predicted molar refractivity (Wildman–Crippen MR) is 133 cm³/mol. The van der Waals surface area contributed by atoms with Crippen LogP contribution in [0.25, 0.3) is 17.4 Å². The van der Waals surface area contributed by atoms with Crippen molar-refractivity contribution >= 4 is 46.4 Å². The summed E-state index contributed by atoms with van der Waals surface area (Å²) in [6, 6.07) is 11.7. The van der Waals surface area contributed by atoms with E-state index < -0.39 is 6.04 Å². The second kappa shape index (κ2) is 8.83. The van der Waals surface area contributed by atoms with Gasteiger partial charge in [-0.25, -0.2) is 4.99 Å². The van der Waals surface area contributed by atoms with E-state index in [-0.39, 0.29) is 11.3 Å². The lowest BCUT2D eigenvalue weighted by atomic mass is 9.98. The Bertz CT molecular complexity index is 1650. The van der Waals surface area contributed by atoms with Crippen LogP contribution in [0.2, 0.25) is 10.0 Å². The molecule has 1 aliphatic rings. The van der Waals surface area contributed by atoms with E-state index in [1.165, 1.54) is 22.8 Å². The molecule has 0 radical (unpaired) electrons. The Morgan fingerprint density at radius 3 is 2.59 bits per heavy atom. The minimum Gasteiger partial charge on any atom is -0.458 e. The molecule has 0 fully saturated rings. The van der Waals surface area contributed by atoms with Crippen molar-refractivity contribution in [3.63, 3.8) is 0 Å². The maximum Gasteiger partial charge on any atom is 0.271 e. The number of benzene rings is 1. The molecule has 0 saturated heterocycles. The number of nitrogens with zero attached hydrogens (tertiary/aromatic N) is 3. The molecule has 0 amide bonds. The summed E-state index contributed by atoms with van der Waals surface area (Å²) in [5, 5.41) is 0.845. The second-order valence-electron chi connectivity index (χ2n) is 7.75. The molecule has 0 unspecified atom stereocenters. The third-order valence-electron chi connectivity index (χ3n) is 5.51. The third kappa shape index (κ3) is 3.96. The van der Waals surface area contributed by atoms with E-state index in [0.29, 0.717) is 42.2 Å². The van der Waals surface area contributed by atoms with Gasteiger partial charge in [-0.2, -0.15) is 0 Å². The molecule has 0 bridgehead atoms. The van der Waals surface area contributed by atoms with E-state index in [0.717, 1.165) is 11.1 Å². The van der Waals surface area contributed by atoms with Crippen molar-refractivity contribution in [2.45, 2.75) is 19.9 Å². The number of ketones is 1. The molecule has 4 heterocycles. The van der Waals surface area contributed by atoms with Gasteiger partial charge in [0.05, 0.1) is 14.6 Å². The average molecular weight is 510 g/mol. The smallest absolute Gasteiger partial charge is 0.271 e. The van der Waals surface area contributed by atoms with Crippen LogP contribution in [0, 0.1) is 0 Å². The van der Waals surface area contributed by atoms with Gasteiger partial charge in [0.25, 0.3) is 5.56 Å². The first kappa shape index (κ1) is 22.5. The topological polar surface area (TPSA) is 77.5 Å². The standard InChI is InChI=1S/C25H17Cl2N3O3S/c1-13-22(14(2)31)23(20-6-5-19(33-20)16-3-4-17(26)18(27)12-16)30-24(32)21(34-25(30)29-13)11-15-7-9-28-10-8-15/h3-12,23H,1-2H3/b21-11+/t23-/m0/s1. The summed E-state index contributed by atoms with van der Waals surface area (Å²) >= 11 is 13.5. The fraction of sp³-hybridized carbons (Fsp3) is 0.120. The Kier molecular flexibility index (Phi) is 5.85. The first-order valence-corrected chi connectivity index (χ1v) is 11.9. The second-order valence-corrected chi connectivity index (χ2v) is 9.57. The SMILES string of the molecule is CC(=O)C1=C(C)N=c2s/c(=C/c3ccncc3)c(=O)n2[C@H]1c1ccc(-c2ccc(Cl)c(Cl)c2)o1. The summed E-state index contributed by atoms with van der Waals surface area (Å²) in [7, 11) is 0. The Morgan fingerprint density at radius 2 is 1.88 bits per heavy atom. The normalized spacial score (nSPS) is 15.9. The Balaban J connectivity index is 1.69. The van der Waals surface area contributed by atoms with Gasteiger partial charge >= 0.3 is 0 Å². The Morgan fingerprint density at radius 1 is 1.12 bits per heavy atom. The molecule has 170 valence electrons. The van der Waals surface area contributed by atoms with Crippen molar-refractivity contribution in [1.82, 2.24) is 9.55 Å². The van der Waals surface area contributed by atoms with Crippen LogP contribution in [0.4, 0.5) is 0 Å². The van der Waals surface area contributed by atoms with Gasteiger partial charge in [-0.3, -0.25) is 19.1 Å². The maximum absolute atomic E-state index is 13.5. The van der Waals surface area contributed by atoms with Crippen LogP contribution in [-0.4, -0.2) is 15.3 Å². The van der Waals surface area contributed by atoms with Crippen LogP contribution in [0.3, 0.4) is 0 Å². The largest absolute Gasteiger partial charge is 0.458 e. The molecule has 3 aromatic heterocycles. The molecule has 1 atom stereocenters. The number of hydrogen-bond donors (Lipinski definition) is 0. The van der Waals surface area contributed by atoms with E-state index in [9.17, 15) is 9.59 Å². The number of carbonyl (C=O) groups excluding carboxylic acids is 1. The van der Waals surface area contributed by atoms with Crippen molar-refractivity contribution in [1.29, 1.82) is 0 Å². The number of rotatable bonds is 4. The van der Waals surface area contributed by atoms with E-state index in [4.69, 9.17) is 27.6 Å². The van der Waals surface area contributed by atoms with E-state index in [1.807, 2.05) is 12.1 Å². The summed E-state index contributed by atoms with van der Waals surface area (Å²) in [5.41, 5.74) is 2.30. The summed E-state index contributed by atoms with van der Waals surface area (Å²) in [4.78, 5) is 35.2. The number of aromatic nitrogens is 2. The number of allylic oxidation sites excluding steroid dienone is 2. The monoisotopic (exact) mass is 509 g/mol. The van der Waals surface area contributed by atoms with Crippen LogP contribution in [0.1, 0.15) is 31.2 Å². The number of fused-ring (bicyclic) bond motifs is 1. The molecule has 1 aliphatic heterocycles. The molecule has 0 N–H and O–H groups in total. The van der Waals surface area contributed by atoms with Crippen LogP contribution >= 0.6 is 34.5 Å². The van der Waals surface area contributed by atoms with Crippen LogP contribution in [0.5, 0.6) is 0 Å². The first-order chi connectivity index (χ1) is 16.3. The minimum atomic E-state index is -0.732. The lowest BCUT2D eigenvalue weighted by molar-refractivity contribution is -0.114. The fourth-order valence-corrected chi connectivity index (χ4v) is 5.30.